The minimum absolute atomic E-state index is 0.0360. The van der Waals surface area contributed by atoms with Crippen LogP contribution >= 0.6 is 22.7 Å². The predicted octanol–water partition coefficient (Wildman–Crippen LogP) is 4.41. The van der Waals surface area contributed by atoms with Gasteiger partial charge in [0.05, 0.1) is 15.1 Å². The molecule has 2 aromatic heterocycles. The Morgan fingerprint density at radius 2 is 2.19 bits per heavy atom. The zero-order valence-electron chi connectivity index (χ0n) is 11.6. The van der Waals surface area contributed by atoms with Crippen molar-refractivity contribution in [2.24, 2.45) is 0 Å². The number of nitrogens with zero attached hydrogens (tertiary/aromatic N) is 1. The molecule has 2 heterocycles. The lowest BCUT2D eigenvalue weighted by Crippen LogP contribution is -2.09. The van der Waals surface area contributed by atoms with Crippen molar-refractivity contribution in [1.82, 2.24) is 4.98 Å². The molecular weight excluding hydrogens is 300 g/mol. The number of rotatable bonds is 2. The first-order valence-electron chi connectivity index (χ1n) is 7.00. The number of para-hydroxylation sites is 1. The van der Waals surface area contributed by atoms with E-state index in [-0.39, 0.29) is 5.91 Å². The number of aromatic nitrogens is 1. The van der Waals surface area contributed by atoms with Crippen LogP contribution in [0.25, 0.3) is 10.2 Å². The number of carbonyl (C=O) groups is 1. The van der Waals surface area contributed by atoms with Gasteiger partial charge in [0.25, 0.3) is 5.91 Å². The number of thiazole rings is 1. The van der Waals surface area contributed by atoms with Crippen LogP contribution in [0, 0.1) is 6.92 Å². The maximum absolute atomic E-state index is 12.3. The highest BCUT2D eigenvalue weighted by Crippen LogP contribution is 2.32. The maximum Gasteiger partial charge on any atom is 0.267 e. The summed E-state index contributed by atoms with van der Waals surface area (Å²) in [5.41, 5.74) is 3.47. The average molecular weight is 314 g/mol. The van der Waals surface area contributed by atoms with Crippen LogP contribution < -0.4 is 5.32 Å². The molecule has 1 aliphatic rings. The molecule has 3 nitrogen and oxygen atoms in total. The van der Waals surface area contributed by atoms with Crippen molar-refractivity contribution in [2.75, 3.05) is 5.32 Å². The fourth-order valence-electron chi connectivity index (χ4n) is 2.74. The number of fused-ring (bicyclic) bond motifs is 2. The van der Waals surface area contributed by atoms with E-state index in [1.54, 1.807) is 11.3 Å². The van der Waals surface area contributed by atoms with E-state index in [2.05, 4.69) is 10.3 Å². The molecule has 0 spiro atoms. The first kappa shape index (κ1) is 13.0. The molecule has 1 amide bonds. The lowest BCUT2D eigenvalue weighted by Gasteiger charge is -1.98. The third-order valence-corrected chi connectivity index (χ3v) is 5.98. The standard InChI is InChI=1S/C16H14N2OS2/c1-9-4-2-7-12-14(9)17-16(21-12)18-15(19)13-8-10-5-3-6-11(10)20-13/h2,4,7-8H,3,5-6H2,1H3,(H,17,18,19). The first-order chi connectivity index (χ1) is 10.2. The highest BCUT2D eigenvalue weighted by atomic mass is 32.1. The van der Waals surface area contributed by atoms with Gasteiger partial charge in [0.1, 0.15) is 0 Å². The van der Waals surface area contributed by atoms with Gasteiger partial charge in [-0.1, -0.05) is 23.5 Å². The summed E-state index contributed by atoms with van der Waals surface area (Å²) < 4.78 is 1.11. The molecule has 3 aromatic rings. The van der Waals surface area contributed by atoms with Crippen LogP contribution in [0.2, 0.25) is 0 Å². The molecule has 4 rings (SSSR count). The van der Waals surface area contributed by atoms with E-state index >= 15 is 0 Å². The van der Waals surface area contributed by atoms with E-state index in [0.29, 0.717) is 5.13 Å². The molecule has 0 bridgehead atoms. The summed E-state index contributed by atoms with van der Waals surface area (Å²) in [5.74, 6) is -0.0360. The Bertz CT molecular complexity index is 826. The van der Waals surface area contributed by atoms with Gasteiger partial charge in [0, 0.05) is 4.88 Å². The number of nitrogens with one attached hydrogen (secondary N) is 1. The minimum atomic E-state index is -0.0360. The number of hydrogen-bond acceptors (Lipinski definition) is 4. The maximum atomic E-state index is 12.3. The quantitative estimate of drug-likeness (QED) is 0.761. The number of carbonyl (C=O) groups excluding carboxylic acids is 1. The minimum Gasteiger partial charge on any atom is -0.297 e. The summed E-state index contributed by atoms with van der Waals surface area (Å²) >= 11 is 3.15. The van der Waals surface area contributed by atoms with E-state index < -0.39 is 0 Å². The van der Waals surface area contributed by atoms with E-state index in [1.165, 1.54) is 28.2 Å². The molecule has 5 heteroatoms. The third-order valence-electron chi connectivity index (χ3n) is 3.81. The Morgan fingerprint density at radius 1 is 1.29 bits per heavy atom. The second-order valence-electron chi connectivity index (χ2n) is 5.31. The molecule has 21 heavy (non-hydrogen) atoms. The van der Waals surface area contributed by atoms with Crippen LogP contribution in [0.15, 0.2) is 24.3 Å². The smallest absolute Gasteiger partial charge is 0.267 e. The average Bonchev–Trinajstić information content (AvgIpc) is 3.10. The number of aryl methyl sites for hydroxylation is 3. The predicted molar refractivity (Wildman–Crippen MR) is 88.7 cm³/mol. The van der Waals surface area contributed by atoms with E-state index in [9.17, 15) is 4.79 Å². The van der Waals surface area contributed by atoms with Crippen LogP contribution in [-0.4, -0.2) is 10.9 Å². The summed E-state index contributed by atoms with van der Waals surface area (Å²) in [6.45, 7) is 2.04. The van der Waals surface area contributed by atoms with Gasteiger partial charge in [-0.15, -0.1) is 11.3 Å². The summed E-state index contributed by atoms with van der Waals surface area (Å²) in [4.78, 5) is 19.1. The van der Waals surface area contributed by atoms with Crippen molar-refractivity contribution in [2.45, 2.75) is 26.2 Å². The first-order valence-corrected chi connectivity index (χ1v) is 8.63. The van der Waals surface area contributed by atoms with Gasteiger partial charge in [0.15, 0.2) is 5.13 Å². The molecule has 1 N–H and O–H groups in total. The lowest BCUT2D eigenvalue weighted by molar-refractivity contribution is 0.103. The molecule has 0 radical (unpaired) electrons. The van der Waals surface area contributed by atoms with Crippen LogP contribution in [-0.2, 0) is 12.8 Å². The topological polar surface area (TPSA) is 42.0 Å². The van der Waals surface area contributed by atoms with Crippen molar-refractivity contribution in [3.8, 4) is 0 Å². The van der Waals surface area contributed by atoms with E-state index in [4.69, 9.17) is 0 Å². The zero-order valence-corrected chi connectivity index (χ0v) is 13.2. The number of amides is 1. The number of hydrogen-bond donors (Lipinski definition) is 1. The second-order valence-corrected chi connectivity index (χ2v) is 7.47. The van der Waals surface area contributed by atoms with Crippen molar-refractivity contribution >= 4 is 43.9 Å². The molecule has 0 saturated carbocycles. The van der Waals surface area contributed by atoms with E-state index in [1.807, 2.05) is 31.2 Å². The van der Waals surface area contributed by atoms with Gasteiger partial charge in [0.2, 0.25) is 0 Å². The highest BCUT2D eigenvalue weighted by Gasteiger charge is 2.19. The van der Waals surface area contributed by atoms with Crippen LogP contribution in [0.1, 0.15) is 32.1 Å². The largest absolute Gasteiger partial charge is 0.297 e. The summed E-state index contributed by atoms with van der Waals surface area (Å²) in [5, 5.41) is 3.62. The molecule has 0 atom stereocenters. The van der Waals surface area contributed by atoms with Gasteiger partial charge < -0.3 is 0 Å². The number of benzene rings is 1. The van der Waals surface area contributed by atoms with Crippen molar-refractivity contribution in [1.29, 1.82) is 0 Å². The Hall–Kier alpha value is -1.72. The molecule has 0 unspecified atom stereocenters. The fraction of sp³-hybridized carbons (Fsp3) is 0.250. The third kappa shape index (κ3) is 2.26. The van der Waals surface area contributed by atoms with Crippen molar-refractivity contribution < 1.29 is 4.79 Å². The molecule has 0 aliphatic heterocycles. The SMILES string of the molecule is Cc1cccc2sc(NC(=O)c3cc4c(s3)CCC4)nc12. The Morgan fingerprint density at radius 3 is 3.00 bits per heavy atom. The van der Waals surface area contributed by atoms with Gasteiger partial charge in [-0.25, -0.2) is 4.98 Å². The number of anilines is 1. The normalized spacial score (nSPS) is 13.6. The molecule has 0 saturated heterocycles. The second kappa shape index (κ2) is 4.93. The van der Waals surface area contributed by atoms with Crippen LogP contribution in [0.3, 0.4) is 0 Å². The molecule has 0 fully saturated rings. The van der Waals surface area contributed by atoms with E-state index in [0.717, 1.165) is 33.5 Å². The van der Waals surface area contributed by atoms with Crippen LogP contribution in [0.5, 0.6) is 0 Å². The van der Waals surface area contributed by atoms with Gasteiger partial charge in [-0.2, -0.15) is 0 Å². The van der Waals surface area contributed by atoms with Gasteiger partial charge >= 0.3 is 0 Å². The Labute approximate surface area is 130 Å². The van der Waals surface area contributed by atoms with Gasteiger partial charge in [-0.3, -0.25) is 10.1 Å². The highest BCUT2D eigenvalue weighted by molar-refractivity contribution is 7.22. The summed E-state index contributed by atoms with van der Waals surface area (Å²) in [6, 6.07) is 8.14. The zero-order chi connectivity index (χ0) is 14.4. The fourth-order valence-corrected chi connectivity index (χ4v) is 4.83. The Balaban J connectivity index is 1.61. The van der Waals surface area contributed by atoms with Gasteiger partial charge in [-0.05, 0) is 49.4 Å². The summed E-state index contributed by atoms with van der Waals surface area (Å²) in [6.07, 6.45) is 3.45. The molecule has 1 aromatic carbocycles. The lowest BCUT2D eigenvalue weighted by atomic mass is 10.2. The summed E-state index contributed by atoms with van der Waals surface area (Å²) in [7, 11) is 0. The van der Waals surface area contributed by atoms with Crippen molar-refractivity contribution in [3.63, 3.8) is 0 Å². The molecular formula is C16H14N2OS2. The van der Waals surface area contributed by atoms with Crippen LogP contribution in [0.4, 0.5) is 5.13 Å². The molecule has 106 valence electrons. The molecule has 1 aliphatic carbocycles. The van der Waals surface area contributed by atoms with Crippen molar-refractivity contribution in [3.05, 3.63) is 45.1 Å². The number of thiophene rings is 1. The Kier molecular flexibility index (Phi) is 3.05. The monoisotopic (exact) mass is 314 g/mol.